The van der Waals surface area contributed by atoms with Gasteiger partial charge in [0.25, 0.3) is 5.56 Å². The largest absolute Gasteiger partial charge is 0.347 e. The molecule has 2 aromatic rings. The summed E-state index contributed by atoms with van der Waals surface area (Å²) < 4.78 is 12.0. The summed E-state index contributed by atoms with van der Waals surface area (Å²) >= 11 is 0. The number of aromatic nitrogens is 5. The summed E-state index contributed by atoms with van der Waals surface area (Å²) in [7, 11) is 11.5. The van der Waals surface area contributed by atoms with Crippen molar-refractivity contribution in [3.8, 4) is 0 Å². The van der Waals surface area contributed by atoms with Gasteiger partial charge in [-0.15, -0.1) is 0 Å². The second-order valence-electron chi connectivity index (χ2n) is 5.34. The molecule has 0 aliphatic heterocycles. The smallest absolute Gasteiger partial charge is 0.325 e. The highest BCUT2D eigenvalue weighted by Gasteiger charge is 2.10. The van der Waals surface area contributed by atoms with E-state index in [-0.39, 0.29) is 0 Å². The molecular formula is C13H21FN8O2. The molecule has 0 aliphatic rings. The van der Waals surface area contributed by atoms with E-state index < -0.39 is 17.1 Å². The van der Waals surface area contributed by atoms with E-state index in [4.69, 9.17) is 0 Å². The first kappa shape index (κ1) is 19.1. The minimum atomic E-state index is -1.00. The van der Waals surface area contributed by atoms with E-state index >= 15 is 0 Å². The molecule has 0 unspecified atom stereocenters. The number of hydrogen-bond acceptors (Lipinski definition) is 8. The molecule has 0 spiro atoms. The Hall–Kier alpha value is -2.98. The fourth-order valence-electron chi connectivity index (χ4n) is 1.34. The molecule has 0 saturated heterocycles. The topological polar surface area (TPSA) is 114 Å². The van der Waals surface area contributed by atoms with Gasteiger partial charge in [-0.3, -0.25) is 9.78 Å². The van der Waals surface area contributed by atoms with Gasteiger partial charge in [0.2, 0.25) is 23.7 Å². The molecule has 132 valence electrons. The first-order valence-corrected chi connectivity index (χ1v) is 6.87. The van der Waals surface area contributed by atoms with E-state index in [1.807, 2.05) is 62.0 Å². The zero-order valence-electron chi connectivity index (χ0n) is 14.5. The predicted octanol–water partition coefficient (Wildman–Crippen LogP) is -0.728. The molecule has 0 aliphatic carbocycles. The van der Waals surface area contributed by atoms with E-state index in [2.05, 4.69) is 15.0 Å². The Bertz CT molecular complexity index is 719. The average Bonchev–Trinajstić information content (AvgIpc) is 2.51. The van der Waals surface area contributed by atoms with Crippen LogP contribution in [0, 0.1) is 5.82 Å². The molecule has 0 radical (unpaired) electrons. The van der Waals surface area contributed by atoms with Crippen molar-refractivity contribution in [3.63, 3.8) is 0 Å². The third-order valence-corrected chi connectivity index (χ3v) is 2.57. The van der Waals surface area contributed by atoms with Crippen molar-refractivity contribution in [1.82, 2.24) is 24.9 Å². The highest BCUT2D eigenvalue weighted by Crippen LogP contribution is 2.14. The molecule has 0 atom stereocenters. The molecule has 0 fully saturated rings. The number of nitrogens with zero attached hydrogens (tertiary/aromatic N) is 6. The molecular weight excluding hydrogens is 319 g/mol. The second-order valence-corrected chi connectivity index (χ2v) is 5.34. The van der Waals surface area contributed by atoms with Crippen LogP contribution in [0.5, 0.6) is 0 Å². The minimum absolute atomic E-state index is 0.664. The van der Waals surface area contributed by atoms with Gasteiger partial charge in [-0.1, -0.05) is 0 Å². The minimum Gasteiger partial charge on any atom is -0.347 e. The van der Waals surface area contributed by atoms with Gasteiger partial charge >= 0.3 is 5.69 Å². The van der Waals surface area contributed by atoms with E-state index in [0.29, 0.717) is 24.0 Å². The van der Waals surface area contributed by atoms with Crippen LogP contribution in [-0.2, 0) is 0 Å². The van der Waals surface area contributed by atoms with Crippen LogP contribution in [0.25, 0.3) is 0 Å². The van der Waals surface area contributed by atoms with Gasteiger partial charge in [0.05, 0.1) is 0 Å². The monoisotopic (exact) mass is 340 g/mol. The molecule has 2 N–H and O–H groups in total. The maximum absolute atomic E-state index is 12.0. The number of nitrogens with one attached hydrogen (secondary N) is 2. The number of halogens is 1. The molecule has 0 bridgehead atoms. The molecule has 0 amide bonds. The Morgan fingerprint density at radius 1 is 0.833 bits per heavy atom. The van der Waals surface area contributed by atoms with Crippen LogP contribution in [-0.4, -0.2) is 67.2 Å². The first-order valence-electron chi connectivity index (χ1n) is 6.87. The van der Waals surface area contributed by atoms with E-state index in [9.17, 15) is 14.0 Å². The highest BCUT2D eigenvalue weighted by atomic mass is 19.1. The molecule has 2 heterocycles. The summed E-state index contributed by atoms with van der Waals surface area (Å²) in [6, 6.07) is 0. The van der Waals surface area contributed by atoms with Crippen LogP contribution < -0.4 is 25.9 Å². The third kappa shape index (κ3) is 5.34. The predicted molar refractivity (Wildman–Crippen MR) is 90.4 cm³/mol. The Kier molecular flexibility index (Phi) is 6.38. The van der Waals surface area contributed by atoms with Crippen LogP contribution in [0.2, 0.25) is 0 Å². The fraction of sp³-hybridized carbons (Fsp3) is 0.462. The lowest BCUT2D eigenvalue weighted by Crippen LogP contribution is -2.23. The number of hydrogen-bond donors (Lipinski definition) is 2. The van der Waals surface area contributed by atoms with Crippen LogP contribution in [0.3, 0.4) is 0 Å². The zero-order chi connectivity index (χ0) is 18.4. The lowest BCUT2D eigenvalue weighted by molar-refractivity contribution is 0.597. The van der Waals surface area contributed by atoms with Crippen molar-refractivity contribution < 1.29 is 4.39 Å². The van der Waals surface area contributed by atoms with Crippen LogP contribution in [0.4, 0.5) is 22.2 Å². The Labute approximate surface area is 138 Å². The second kappa shape index (κ2) is 8.04. The average molecular weight is 340 g/mol. The normalized spacial score (nSPS) is 9.79. The Morgan fingerprint density at radius 3 is 1.46 bits per heavy atom. The SMILES string of the molecule is CN(C)c1nc(N(C)C)nc(N(C)C)n1.O=c1[nH]cc(F)c(=O)[nH]1. The molecule has 24 heavy (non-hydrogen) atoms. The van der Waals surface area contributed by atoms with Gasteiger partial charge in [0.1, 0.15) is 0 Å². The van der Waals surface area contributed by atoms with Crippen molar-refractivity contribution in [1.29, 1.82) is 0 Å². The maximum Gasteiger partial charge on any atom is 0.325 e. The van der Waals surface area contributed by atoms with Gasteiger partial charge in [-0.25, -0.2) is 4.79 Å². The molecule has 10 nitrogen and oxygen atoms in total. The molecule has 0 saturated carbocycles. The van der Waals surface area contributed by atoms with Crippen molar-refractivity contribution in [3.05, 3.63) is 32.9 Å². The number of rotatable bonds is 3. The van der Waals surface area contributed by atoms with Gasteiger partial charge in [-0.2, -0.15) is 19.3 Å². The summed E-state index contributed by atoms with van der Waals surface area (Å²) in [4.78, 5) is 42.5. The lowest BCUT2D eigenvalue weighted by atomic mass is 10.6. The number of anilines is 3. The van der Waals surface area contributed by atoms with Gasteiger partial charge in [-0.05, 0) is 0 Å². The Morgan fingerprint density at radius 2 is 1.21 bits per heavy atom. The van der Waals surface area contributed by atoms with Crippen molar-refractivity contribution in [2.24, 2.45) is 0 Å². The van der Waals surface area contributed by atoms with E-state index in [1.165, 1.54) is 0 Å². The van der Waals surface area contributed by atoms with Gasteiger partial charge in [0, 0.05) is 48.5 Å². The van der Waals surface area contributed by atoms with Crippen molar-refractivity contribution in [2.45, 2.75) is 0 Å². The summed E-state index contributed by atoms with van der Waals surface area (Å²) in [6.45, 7) is 0. The van der Waals surface area contributed by atoms with Crippen LogP contribution >= 0.6 is 0 Å². The fourth-order valence-corrected chi connectivity index (χ4v) is 1.34. The van der Waals surface area contributed by atoms with Crippen molar-refractivity contribution in [2.75, 3.05) is 57.0 Å². The molecule has 2 rings (SSSR count). The lowest BCUT2D eigenvalue weighted by Gasteiger charge is -2.18. The first-order chi connectivity index (χ1) is 11.1. The number of aromatic amines is 2. The van der Waals surface area contributed by atoms with Crippen LogP contribution in [0.15, 0.2) is 15.8 Å². The van der Waals surface area contributed by atoms with Crippen LogP contribution in [0.1, 0.15) is 0 Å². The number of H-pyrrole nitrogens is 2. The maximum atomic E-state index is 12.0. The summed E-state index contributed by atoms with van der Waals surface area (Å²) in [5.74, 6) is 1.00. The summed E-state index contributed by atoms with van der Waals surface area (Å²) in [6.07, 6.45) is 0.709. The zero-order valence-corrected chi connectivity index (χ0v) is 14.5. The summed E-state index contributed by atoms with van der Waals surface area (Å²) in [5.41, 5.74) is -1.71. The molecule has 11 heteroatoms. The molecule has 0 aromatic carbocycles. The summed E-state index contributed by atoms with van der Waals surface area (Å²) in [5, 5.41) is 0. The standard InChI is InChI=1S/C9H18N6.C4H3FN2O2/c1-13(2)7-10-8(14(3)4)12-9(11-7)15(5)6;5-2-1-6-4(9)7-3(2)8/h1-6H3;1H,(H2,6,7,8,9). The molecule has 2 aromatic heterocycles. The van der Waals surface area contributed by atoms with Gasteiger partial charge in [0.15, 0.2) is 0 Å². The van der Waals surface area contributed by atoms with Crippen molar-refractivity contribution >= 4 is 17.8 Å². The van der Waals surface area contributed by atoms with E-state index in [0.717, 1.165) is 0 Å². The third-order valence-electron chi connectivity index (χ3n) is 2.57. The highest BCUT2D eigenvalue weighted by molar-refractivity contribution is 5.44. The Balaban J connectivity index is 0.000000272. The van der Waals surface area contributed by atoms with E-state index in [1.54, 1.807) is 4.98 Å². The van der Waals surface area contributed by atoms with Gasteiger partial charge < -0.3 is 19.7 Å². The quantitative estimate of drug-likeness (QED) is 0.752.